The van der Waals surface area contributed by atoms with Crippen molar-refractivity contribution in [2.45, 2.75) is 32.9 Å². The summed E-state index contributed by atoms with van der Waals surface area (Å²) in [4.78, 5) is 12.1. The van der Waals surface area contributed by atoms with Crippen molar-refractivity contribution in [2.75, 3.05) is 5.32 Å². The van der Waals surface area contributed by atoms with Crippen LogP contribution in [0.5, 0.6) is 0 Å². The highest BCUT2D eigenvalue weighted by atomic mass is 79.9. The number of nitrogens with zero attached hydrogens (tertiary/aromatic N) is 1. The molecule has 0 aromatic heterocycles. The third-order valence-corrected chi connectivity index (χ3v) is 4.08. The topological polar surface area (TPSA) is 52.9 Å². The van der Waals surface area contributed by atoms with Gasteiger partial charge in [0, 0.05) is 10.2 Å². The Morgan fingerprint density at radius 3 is 2.33 bits per heavy atom. The van der Waals surface area contributed by atoms with Gasteiger partial charge in [-0.1, -0.05) is 29.8 Å². The van der Waals surface area contributed by atoms with Crippen molar-refractivity contribution in [3.63, 3.8) is 0 Å². The maximum Gasteiger partial charge on any atom is 0.417 e. The van der Waals surface area contributed by atoms with Gasteiger partial charge in [0.25, 0.3) is 0 Å². The fourth-order valence-corrected chi connectivity index (χ4v) is 2.32. The van der Waals surface area contributed by atoms with Gasteiger partial charge in [-0.2, -0.15) is 18.4 Å². The number of hydrogen-bond donors (Lipinski definition) is 1. The molecule has 0 radical (unpaired) electrons. The van der Waals surface area contributed by atoms with E-state index >= 15 is 0 Å². The molecule has 0 spiro atoms. The zero-order valence-corrected chi connectivity index (χ0v) is 13.1. The average Bonchev–Trinajstić information content (AvgIpc) is 2.42. The minimum Gasteiger partial charge on any atom is -0.325 e. The Bertz CT molecular complexity index is 575. The first-order valence-corrected chi connectivity index (χ1v) is 7.09. The number of rotatable bonds is 4. The van der Waals surface area contributed by atoms with Crippen LogP contribution in [0.4, 0.5) is 18.9 Å². The van der Waals surface area contributed by atoms with E-state index in [2.05, 4.69) is 21.2 Å². The van der Waals surface area contributed by atoms with Crippen molar-refractivity contribution in [1.82, 2.24) is 0 Å². The fraction of sp³-hybridized carbons (Fsp3) is 0.429. The predicted octanol–water partition coefficient (Wildman–Crippen LogP) is 4.74. The second kappa shape index (κ2) is 6.48. The molecule has 0 bridgehead atoms. The van der Waals surface area contributed by atoms with Gasteiger partial charge in [0.2, 0.25) is 5.91 Å². The van der Waals surface area contributed by atoms with Gasteiger partial charge in [-0.15, -0.1) is 0 Å². The maximum atomic E-state index is 12.8. The number of carbonyl (C=O) groups excluding carboxylic acids is 1. The molecule has 0 aliphatic rings. The fourth-order valence-electron chi connectivity index (χ4n) is 1.85. The zero-order valence-electron chi connectivity index (χ0n) is 11.5. The highest BCUT2D eigenvalue weighted by molar-refractivity contribution is 9.10. The first-order chi connectivity index (χ1) is 9.70. The number of hydrogen-bond acceptors (Lipinski definition) is 2. The van der Waals surface area contributed by atoms with Crippen molar-refractivity contribution in [1.29, 1.82) is 5.26 Å². The Hall–Kier alpha value is -1.55. The van der Waals surface area contributed by atoms with Crippen molar-refractivity contribution >= 4 is 27.5 Å². The van der Waals surface area contributed by atoms with Crippen molar-refractivity contribution < 1.29 is 18.0 Å². The van der Waals surface area contributed by atoms with Crippen molar-refractivity contribution in [3.05, 3.63) is 28.2 Å². The molecule has 0 unspecified atom stereocenters. The van der Waals surface area contributed by atoms with Crippen LogP contribution in [-0.2, 0) is 11.0 Å². The third-order valence-electron chi connectivity index (χ3n) is 3.39. The van der Waals surface area contributed by atoms with E-state index in [4.69, 9.17) is 5.26 Å². The van der Waals surface area contributed by atoms with Crippen LogP contribution in [0.2, 0.25) is 0 Å². The molecule has 0 aliphatic heterocycles. The second-order valence-corrected chi connectivity index (χ2v) is 5.40. The Labute approximate surface area is 129 Å². The molecule has 0 saturated heterocycles. The standard InChI is InChI=1S/C14H14BrF3N2O/c1-3-13(4-2,8-19)12(21)20-9-5-6-11(15)10(7-9)14(16,17)18/h5-7H,3-4H2,1-2H3,(H,20,21). The van der Waals surface area contributed by atoms with Crippen LogP contribution >= 0.6 is 15.9 Å². The number of alkyl halides is 3. The summed E-state index contributed by atoms with van der Waals surface area (Å²) >= 11 is 2.83. The van der Waals surface area contributed by atoms with Crippen LogP contribution in [0.1, 0.15) is 32.3 Å². The molecule has 0 heterocycles. The molecule has 0 aliphatic carbocycles. The Morgan fingerprint density at radius 2 is 1.90 bits per heavy atom. The monoisotopic (exact) mass is 362 g/mol. The van der Waals surface area contributed by atoms with E-state index in [0.29, 0.717) is 0 Å². The highest BCUT2D eigenvalue weighted by Crippen LogP contribution is 2.37. The lowest BCUT2D eigenvalue weighted by molar-refractivity contribution is -0.138. The van der Waals surface area contributed by atoms with Gasteiger partial charge in [0.05, 0.1) is 11.6 Å². The normalized spacial score (nSPS) is 11.9. The predicted molar refractivity (Wildman–Crippen MR) is 76.4 cm³/mol. The third kappa shape index (κ3) is 3.76. The summed E-state index contributed by atoms with van der Waals surface area (Å²) < 4.78 is 38.3. The lowest BCUT2D eigenvalue weighted by Gasteiger charge is -2.22. The first-order valence-electron chi connectivity index (χ1n) is 6.29. The minimum atomic E-state index is -4.53. The summed E-state index contributed by atoms with van der Waals surface area (Å²) in [5.74, 6) is -0.592. The lowest BCUT2D eigenvalue weighted by Crippen LogP contribution is -2.34. The second-order valence-electron chi connectivity index (χ2n) is 4.55. The van der Waals surface area contributed by atoms with Crippen LogP contribution in [0.3, 0.4) is 0 Å². The summed E-state index contributed by atoms with van der Waals surface area (Å²) in [6.07, 6.45) is -3.95. The van der Waals surface area contributed by atoms with E-state index in [1.165, 1.54) is 12.1 Å². The zero-order chi connectivity index (χ0) is 16.3. The first kappa shape index (κ1) is 17.5. The van der Waals surface area contributed by atoms with Crippen molar-refractivity contribution in [2.24, 2.45) is 5.41 Å². The molecule has 1 N–H and O–H groups in total. The maximum absolute atomic E-state index is 12.8. The van der Waals surface area contributed by atoms with Gasteiger partial charge in [0.15, 0.2) is 0 Å². The van der Waals surface area contributed by atoms with E-state index < -0.39 is 23.1 Å². The van der Waals surface area contributed by atoms with Gasteiger partial charge >= 0.3 is 6.18 Å². The van der Waals surface area contributed by atoms with Crippen LogP contribution in [0.15, 0.2) is 22.7 Å². The molecule has 3 nitrogen and oxygen atoms in total. The number of amides is 1. The Kier molecular flexibility index (Phi) is 5.40. The average molecular weight is 363 g/mol. The molecule has 1 rings (SSSR count). The van der Waals surface area contributed by atoms with Crippen LogP contribution in [0, 0.1) is 16.7 Å². The molecular formula is C14H14BrF3N2O. The van der Waals surface area contributed by atoms with Crippen LogP contribution in [-0.4, -0.2) is 5.91 Å². The highest BCUT2D eigenvalue weighted by Gasteiger charge is 2.36. The Balaban J connectivity index is 3.10. The quantitative estimate of drug-likeness (QED) is 0.840. The van der Waals surface area contributed by atoms with Crippen LogP contribution in [0.25, 0.3) is 0 Å². The minimum absolute atomic E-state index is 0.0112. The lowest BCUT2D eigenvalue weighted by atomic mass is 9.83. The molecule has 7 heteroatoms. The van der Waals surface area contributed by atoms with Gasteiger partial charge in [-0.05, 0) is 31.0 Å². The largest absolute Gasteiger partial charge is 0.417 e. The van der Waals surface area contributed by atoms with Gasteiger partial charge in [-0.3, -0.25) is 4.79 Å². The summed E-state index contributed by atoms with van der Waals surface area (Å²) in [5.41, 5.74) is -2.10. The number of carbonyl (C=O) groups is 1. The number of nitrogens with one attached hydrogen (secondary N) is 1. The summed E-state index contributed by atoms with van der Waals surface area (Å²) in [7, 11) is 0. The van der Waals surface area contributed by atoms with E-state index in [-0.39, 0.29) is 23.0 Å². The van der Waals surface area contributed by atoms with E-state index in [9.17, 15) is 18.0 Å². The van der Waals surface area contributed by atoms with Crippen molar-refractivity contribution in [3.8, 4) is 6.07 Å². The molecule has 0 atom stereocenters. The van der Waals surface area contributed by atoms with Gasteiger partial charge in [-0.25, -0.2) is 0 Å². The van der Waals surface area contributed by atoms with Gasteiger partial charge in [0.1, 0.15) is 5.41 Å². The van der Waals surface area contributed by atoms with Crippen LogP contribution < -0.4 is 5.32 Å². The molecule has 21 heavy (non-hydrogen) atoms. The number of nitriles is 1. The number of benzene rings is 1. The summed E-state index contributed by atoms with van der Waals surface area (Å²) in [6, 6.07) is 5.35. The molecule has 1 aromatic rings. The number of halogens is 4. The van der Waals surface area contributed by atoms with E-state index in [1.54, 1.807) is 13.8 Å². The van der Waals surface area contributed by atoms with Gasteiger partial charge < -0.3 is 5.32 Å². The number of anilines is 1. The SMILES string of the molecule is CCC(C#N)(CC)C(=O)Nc1ccc(Br)c(C(F)(F)F)c1. The molecule has 0 saturated carbocycles. The summed E-state index contributed by atoms with van der Waals surface area (Å²) in [6.45, 7) is 3.38. The molecule has 0 fully saturated rings. The molecule has 1 amide bonds. The molecule has 1 aromatic carbocycles. The van der Waals surface area contributed by atoms with E-state index in [0.717, 1.165) is 6.07 Å². The molecule has 114 valence electrons. The van der Waals surface area contributed by atoms with E-state index in [1.807, 2.05) is 6.07 Å². The summed E-state index contributed by atoms with van der Waals surface area (Å²) in [5, 5.41) is 11.5. The Morgan fingerprint density at radius 1 is 1.33 bits per heavy atom. The molecular weight excluding hydrogens is 349 g/mol. The smallest absolute Gasteiger partial charge is 0.325 e.